The highest BCUT2D eigenvalue weighted by molar-refractivity contribution is 7.93. The minimum absolute atomic E-state index is 0.0480. The number of benzene rings is 2. The van der Waals surface area contributed by atoms with E-state index in [9.17, 15) is 17.2 Å². The molecule has 3 rings (SSSR count). The number of sulfonamides is 1. The summed E-state index contributed by atoms with van der Waals surface area (Å²) in [5.74, 6) is -0.111. The number of nitrogens with zero attached hydrogens (tertiary/aromatic N) is 2. The highest BCUT2D eigenvalue weighted by Crippen LogP contribution is 2.31. The summed E-state index contributed by atoms with van der Waals surface area (Å²) in [5.41, 5.74) is 1.46. The number of hydrogen-bond donors (Lipinski definition) is 0. The smallest absolute Gasteiger partial charge is 0.266 e. The van der Waals surface area contributed by atoms with Crippen molar-refractivity contribution >= 4 is 38.1 Å². The molecule has 10 heteroatoms. The number of anilines is 1. The minimum Gasteiger partial charge on any atom is -0.497 e. The molecule has 1 heterocycles. The lowest BCUT2D eigenvalue weighted by atomic mass is 10.1. The Morgan fingerprint density at radius 3 is 2.54 bits per heavy atom. The van der Waals surface area contributed by atoms with Gasteiger partial charge in [0, 0.05) is 0 Å². The van der Waals surface area contributed by atoms with Crippen molar-refractivity contribution in [3.05, 3.63) is 69.7 Å². The molecule has 0 atom stereocenters. The fourth-order valence-corrected chi connectivity index (χ4v) is 5.03. The number of rotatable bonds is 6. The second kappa shape index (κ2) is 8.02. The lowest BCUT2D eigenvalue weighted by Crippen LogP contribution is -2.30. The third kappa shape index (κ3) is 4.11. The molecule has 1 aromatic heterocycles. The molecule has 0 fully saturated rings. The Morgan fingerprint density at radius 2 is 1.96 bits per heavy atom. The molecule has 0 spiro atoms. The van der Waals surface area contributed by atoms with Gasteiger partial charge >= 0.3 is 0 Å². The highest BCUT2D eigenvalue weighted by Gasteiger charge is 2.29. The summed E-state index contributed by atoms with van der Waals surface area (Å²) in [6.45, 7) is 1.71. The van der Waals surface area contributed by atoms with E-state index in [1.807, 2.05) is 0 Å². The molecule has 0 amide bonds. The number of aryl methyl sites for hydroxylation is 1. The standard InChI is InChI=1S/C18H15ClF2N2O3S2/c1-11-7-13(26-2)4-3-12(11)10-23(18-22-9-17(21)27-18)28(24,25)14-5-6-16(20)15(19)8-14/h3-9H,10H2,1-2H3. The number of aromatic nitrogens is 1. The summed E-state index contributed by atoms with van der Waals surface area (Å²) in [6, 6.07) is 8.27. The van der Waals surface area contributed by atoms with Crippen LogP contribution in [0.25, 0.3) is 0 Å². The molecule has 0 bridgehead atoms. The monoisotopic (exact) mass is 444 g/mol. The summed E-state index contributed by atoms with van der Waals surface area (Å²) in [4.78, 5) is 3.64. The van der Waals surface area contributed by atoms with Crippen LogP contribution in [0.4, 0.5) is 13.9 Å². The molecular formula is C18H15ClF2N2O3S2. The molecule has 0 radical (unpaired) electrons. The second-order valence-corrected chi connectivity index (χ2v) is 9.06. The average molecular weight is 445 g/mol. The van der Waals surface area contributed by atoms with Crippen LogP contribution < -0.4 is 9.04 Å². The van der Waals surface area contributed by atoms with Gasteiger partial charge < -0.3 is 4.74 Å². The number of halogens is 3. The van der Waals surface area contributed by atoms with Crippen LogP contribution >= 0.6 is 22.9 Å². The maximum Gasteiger partial charge on any atom is 0.266 e. The molecule has 0 saturated heterocycles. The number of thiazole rings is 1. The van der Waals surface area contributed by atoms with Gasteiger partial charge in [-0.2, -0.15) is 4.39 Å². The molecule has 0 aliphatic heterocycles. The second-order valence-electron chi connectivity index (χ2n) is 5.83. The molecule has 28 heavy (non-hydrogen) atoms. The van der Waals surface area contributed by atoms with E-state index in [0.29, 0.717) is 22.6 Å². The van der Waals surface area contributed by atoms with E-state index < -0.39 is 21.0 Å². The van der Waals surface area contributed by atoms with Crippen LogP contribution in [-0.2, 0) is 16.6 Å². The maximum absolute atomic E-state index is 13.6. The van der Waals surface area contributed by atoms with Gasteiger partial charge in [-0.3, -0.25) is 0 Å². The van der Waals surface area contributed by atoms with Crippen LogP contribution in [0.15, 0.2) is 47.5 Å². The van der Waals surface area contributed by atoms with Crippen molar-refractivity contribution in [2.24, 2.45) is 0 Å². The topological polar surface area (TPSA) is 59.5 Å². The van der Waals surface area contributed by atoms with Crippen molar-refractivity contribution in [3.63, 3.8) is 0 Å². The molecule has 5 nitrogen and oxygen atoms in total. The van der Waals surface area contributed by atoms with Gasteiger partial charge in [0.1, 0.15) is 11.6 Å². The van der Waals surface area contributed by atoms with Gasteiger partial charge in [0.05, 0.1) is 29.8 Å². The van der Waals surface area contributed by atoms with Crippen LogP contribution in [0.3, 0.4) is 0 Å². The predicted molar refractivity (Wildman–Crippen MR) is 105 cm³/mol. The first-order valence-corrected chi connectivity index (χ1v) is 10.6. The number of methoxy groups -OCH3 is 1. The fraction of sp³-hybridized carbons (Fsp3) is 0.167. The molecule has 0 N–H and O–H groups in total. The van der Waals surface area contributed by atoms with Crippen molar-refractivity contribution in [2.75, 3.05) is 11.4 Å². The van der Waals surface area contributed by atoms with Gasteiger partial charge in [0.15, 0.2) is 5.13 Å². The van der Waals surface area contributed by atoms with Crippen molar-refractivity contribution < 1.29 is 21.9 Å². The van der Waals surface area contributed by atoms with Crippen molar-refractivity contribution in [3.8, 4) is 5.75 Å². The van der Waals surface area contributed by atoms with E-state index in [0.717, 1.165) is 34.3 Å². The van der Waals surface area contributed by atoms with E-state index in [4.69, 9.17) is 16.3 Å². The summed E-state index contributed by atoms with van der Waals surface area (Å²) in [7, 11) is -2.65. The first kappa shape index (κ1) is 20.5. The minimum atomic E-state index is -4.18. The Hall–Kier alpha value is -2.23. The molecule has 0 saturated carbocycles. The van der Waals surface area contributed by atoms with Gasteiger partial charge in [-0.1, -0.05) is 29.0 Å². The van der Waals surface area contributed by atoms with E-state index in [1.165, 1.54) is 7.11 Å². The van der Waals surface area contributed by atoms with E-state index >= 15 is 0 Å². The Bertz CT molecular complexity index is 1120. The Balaban J connectivity index is 2.08. The van der Waals surface area contributed by atoms with Gasteiger partial charge in [-0.15, -0.1) is 0 Å². The first-order chi connectivity index (χ1) is 13.2. The molecule has 2 aromatic carbocycles. The maximum atomic E-state index is 13.6. The summed E-state index contributed by atoms with van der Waals surface area (Å²) >= 11 is 6.34. The van der Waals surface area contributed by atoms with Crippen LogP contribution in [-0.4, -0.2) is 20.5 Å². The quantitative estimate of drug-likeness (QED) is 0.548. The zero-order chi connectivity index (χ0) is 20.5. The lowest BCUT2D eigenvalue weighted by Gasteiger charge is -2.23. The highest BCUT2D eigenvalue weighted by atomic mass is 35.5. The Labute approximate surface area is 170 Å². The van der Waals surface area contributed by atoms with E-state index in [2.05, 4.69) is 4.98 Å². The van der Waals surface area contributed by atoms with Gasteiger partial charge in [0.25, 0.3) is 10.0 Å². The van der Waals surface area contributed by atoms with Crippen LogP contribution in [0, 0.1) is 17.9 Å². The number of ether oxygens (including phenoxy) is 1. The molecule has 0 aliphatic rings. The average Bonchev–Trinajstić information content (AvgIpc) is 3.08. The SMILES string of the molecule is COc1ccc(CN(c2ncc(F)s2)S(=O)(=O)c2ccc(F)c(Cl)c2)c(C)c1. The molecule has 0 aliphatic carbocycles. The predicted octanol–water partition coefficient (Wildman–Crippen LogP) is 4.79. The third-order valence-electron chi connectivity index (χ3n) is 4.02. The van der Waals surface area contributed by atoms with Crippen LogP contribution in [0.5, 0.6) is 5.75 Å². The third-order valence-corrected chi connectivity index (χ3v) is 6.97. The molecular weight excluding hydrogens is 430 g/mol. The van der Waals surface area contributed by atoms with Gasteiger partial charge in [0.2, 0.25) is 5.13 Å². The Kier molecular flexibility index (Phi) is 5.87. The summed E-state index contributed by atoms with van der Waals surface area (Å²) < 4.78 is 59.6. The fourth-order valence-electron chi connectivity index (χ4n) is 2.51. The van der Waals surface area contributed by atoms with Gasteiger partial charge in [-0.25, -0.2) is 22.1 Å². The lowest BCUT2D eigenvalue weighted by molar-refractivity contribution is 0.414. The normalized spacial score (nSPS) is 11.5. The molecule has 3 aromatic rings. The van der Waals surface area contributed by atoms with Crippen molar-refractivity contribution in [2.45, 2.75) is 18.4 Å². The van der Waals surface area contributed by atoms with Gasteiger partial charge in [-0.05, 0) is 48.4 Å². The molecule has 148 valence electrons. The summed E-state index contributed by atoms with van der Waals surface area (Å²) in [5, 5.41) is -1.00. The van der Waals surface area contributed by atoms with Crippen LogP contribution in [0.2, 0.25) is 5.02 Å². The Morgan fingerprint density at radius 1 is 1.21 bits per heavy atom. The summed E-state index contributed by atoms with van der Waals surface area (Å²) in [6.07, 6.45) is 0.945. The van der Waals surface area contributed by atoms with E-state index in [1.54, 1.807) is 25.1 Å². The first-order valence-electron chi connectivity index (χ1n) is 7.95. The zero-order valence-corrected chi connectivity index (χ0v) is 17.2. The van der Waals surface area contributed by atoms with E-state index in [-0.39, 0.29) is 21.6 Å². The van der Waals surface area contributed by atoms with Crippen molar-refractivity contribution in [1.82, 2.24) is 4.98 Å². The zero-order valence-electron chi connectivity index (χ0n) is 14.8. The van der Waals surface area contributed by atoms with Crippen LogP contribution in [0.1, 0.15) is 11.1 Å². The number of hydrogen-bond acceptors (Lipinski definition) is 5. The largest absolute Gasteiger partial charge is 0.497 e. The molecule has 0 unspecified atom stereocenters. The van der Waals surface area contributed by atoms with Crippen molar-refractivity contribution in [1.29, 1.82) is 0 Å².